The van der Waals surface area contributed by atoms with Gasteiger partial charge in [0.1, 0.15) is 0 Å². The van der Waals surface area contributed by atoms with Crippen LogP contribution in [-0.4, -0.2) is 25.2 Å². The molecule has 0 aliphatic rings. The van der Waals surface area contributed by atoms with E-state index in [1.165, 1.54) is 95.9 Å². The fourth-order valence-corrected chi connectivity index (χ4v) is 16.7. The van der Waals surface area contributed by atoms with Crippen LogP contribution in [0.4, 0.5) is 0 Å². The van der Waals surface area contributed by atoms with E-state index in [1.807, 2.05) is 0 Å². The molecule has 0 saturated heterocycles. The Morgan fingerprint density at radius 1 is 0.429 bits per heavy atom. The normalized spacial score (nSPS) is 13.3. The molecule has 0 aromatic carbocycles. The lowest BCUT2D eigenvalue weighted by atomic mass is 10.0. The Morgan fingerprint density at radius 3 is 1.00 bits per heavy atom. The number of hydrogen-bond donors (Lipinski definition) is 0. The van der Waals surface area contributed by atoms with E-state index in [1.54, 1.807) is 0 Å². The molecule has 0 aliphatic heterocycles. The van der Waals surface area contributed by atoms with Crippen molar-refractivity contribution in [1.82, 2.24) is 0 Å². The first-order valence-electron chi connectivity index (χ1n) is 12.4. The summed E-state index contributed by atoms with van der Waals surface area (Å²) in [6, 6.07) is 1.18. The van der Waals surface area contributed by atoms with E-state index in [0.29, 0.717) is 0 Å². The molecule has 0 rings (SSSR count). The zero-order valence-corrected chi connectivity index (χ0v) is 23.9. The third kappa shape index (κ3) is 19.9. The SMILES string of the molecule is CCCCCCCCCCCCCCCC[Si](C)(O[Si](C)(C)C)O[Si](C)(C)C. The first-order valence-corrected chi connectivity index (χ1v) is 21.7. The van der Waals surface area contributed by atoms with Gasteiger partial charge in [-0.15, -0.1) is 0 Å². The number of unbranched alkanes of at least 4 members (excludes halogenated alkanes) is 13. The molecule has 0 spiro atoms. The van der Waals surface area contributed by atoms with E-state index in [2.05, 4.69) is 52.8 Å². The van der Waals surface area contributed by atoms with Gasteiger partial charge in [0.2, 0.25) is 0 Å². The third-order valence-electron chi connectivity index (χ3n) is 5.03. The van der Waals surface area contributed by atoms with Crippen LogP contribution in [0.15, 0.2) is 0 Å². The largest absolute Gasteiger partial charge is 0.437 e. The smallest absolute Gasteiger partial charge is 0.314 e. The highest BCUT2D eigenvalue weighted by Gasteiger charge is 2.39. The summed E-state index contributed by atoms with van der Waals surface area (Å²) in [5.41, 5.74) is 0. The van der Waals surface area contributed by atoms with E-state index >= 15 is 0 Å². The van der Waals surface area contributed by atoms with Gasteiger partial charge in [-0.3, -0.25) is 0 Å². The average Bonchev–Trinajstić information content (AvgIpc) is 2.51. The van der Waals surface area contributed by atoms with Crippen molar-refractivity contribution >= 4 is 25.2 Å². The lowest BCUT2D eigenvalue weighted by molar-refractivity contribution is 0.380. The molecule has 0 fully saturated rings. The molecule has 0 heterocycles. The molecule has 0 N–H and O–H groups in total. The van der Waals surface area contributed by atoms with Crippen LogP contribution in [0.5, 0.6) is 0 Å². The minimum absolute atomic E-state index is 1.18. The van der Waals surface area contributed by atoms with Crippen molar-refractivity contribution < 1.29 is 8.23 Å². The molecule has 170 valence electrons. The Hall–Kier alpha value is 0.571. The van der Waals surface area contributed by atoms with Gasteiger partial charge in [-0.2, -0.15) is 0 Å². The summed E-state index contributed by atoms with van der Waals surface area (Å²) >= 11 is 0. The Morgan fingerprint density at radius 2 is 0.714 bits per heavy atom. The second kappa shape index (κ2) is 15.4. The van der Waals surface area contributed by atoms with Crippen LogP contribution in [0.3, 0.4) is 0 Å². The minimum Gasteiger partial charge on any atom is -0.437 e. The van der Waals surface area contributed by atoms with Gasteiger partial charge in [-0.05, 0) is 51.9 Å². The fourth-order valence-electron chi connectivity index (χ4n) is 4.06. The van der Waals surface area contributed by atoms with E-state index < -0.39 is 25.2 Å². The Balaban J connectivity index is 3.75. The summed E-state index contributed by atoms with van der Waals surface area (Å²) in [5, 5.41) is 0. The lowest BCUT2D eigenvalue weighted by Gasteiger charge is -2.38. The van der Waals surface area contributed by atoms with E-state index in [0.717, 1.165) is 0 Å². The summed E-state index contributed by atoms with van der Waals surface area (Å²) in [6.45, 7) is 18.4. The average molecular weight is 447 g/mol. The van der Waals surface area contributed by atoms with Crippen LogP contribution >= 0.6 is 0 Å². The van der Waals surface area contributed by atoms with Crippen LogP contribution in [0.25, 0.3) is 0 Å². The monoisotopic (exact) mass is 446 g/mol. The molecular formula is C23H54O2Si3. The van der Waals surface area contributed by atoms with E-state index in [9.17, 15) is 0 Å². The van der Waals surface area contributed by atoms with Crippen molar-refractivity contribution in [1.29, 1.82) is 0 Å². The first kappa shape index (κ1) is 28.6. The Labute approximate surface area is 182 Å². The van der Waals surface area contributed by atoms with Crippen molar-refractivity contribution in [3.63, 3.8) is 0 Å². The molecule has 0 radical (unpaired) electrons. The summed E-state index contributed by atoms with van der Waals surface area (Å²) in [5.74, 6) is 0. The van der Waals surface area contributed by atoms with Crippen molar-refractivity contribution in [2.24, 2.45) is 0 Å². The quantitative estimate of drug-likeness (QED) is 0.145. The molecule has 28 heavy (non-hydrogen) atoms. The molecular weight excluding hydrogens is 393 g/mol. The topological polar surface area (TPSA) is 18.5 Å². The van der Waals surface area contributed by atoms with Crippen molar-refractivity contribution in [3.8, 4) is 0 Å². The number of rotatable bonds is 19. The van der Waals surface area contributed by atoms with Gasteiger partial charge in [-0.1, -0.05) is 96.8 Å². The van der Waals surface area contributed by atoms with Crippen LogP contribution in [0.1, 0.15) is 96.8 Å². The third-order valence-corrected chi connectivity index (χ3v) is 14.6. The van der Waals surface area contributed by atoms with Crippen molar-refractivity contribution in [2.75, 3.05) is 0 Å². The summed E-state index contributed by atoms with van der Waals surface area (Å²) in [4.78, 5) is 0. The van der Waals surface area contributed by atoms with Gasteiger partial charge >= 0.3 is 8.56 Å². The molecule has 2 nitrogen and oxygen atoms in total. The molecule has 5 heteroatoms. The zero-order valence-electron chi connectivity index (χ0n) is 20.9. The van der Waals surface area contributed by atoms with Crippen LogP contribution < -0.4 is 0 Å². The maximum atomic E-state index is 6.61. The van der Waals surface area contributed by atoms with Crippen LogP contribution in [0, 0.1) is 0 Å². The first-order chi connectivity index (χ1) is 13.0. The molecule has 0 amide bonds. The number of hydrogen-bond acceptors (Lipinski definition) is 2. The second-order valence-corrected chi connectivity index (χ2v) is 23.8. The van der Waals surface area contributed by atoms with Crippen LogP contribution in [0.2, 0.25) is 51.9 Å². The molecule has 0 aromatic rings. The minimum atomic E-state index is -2.00. The Kier molecular flexibility index (Phi) is 15.7. The zero-order chi connectivity index (χ0) is 21.5. The lowest BCUT2D eigenvalue weighted by Crippen LogP contribution is -2.52. The summed E-state index contributed by atoms with van der Waals surface area (Å²) in [6.07, 6.45) is 19.8. The molecule has 0 bridgehead atoms. The van der Waals surface area contributed by atoms with E-state index in [-0.39, 0.29) is 0 Å². The maximum absolute atomic E-state index is 6.61. The van der Waals surface area contributed by atoms with Crippen molar-refractivity contribution in [3.05, 3.63) is 0 Å². The summed E-state index contributed by atoms with van der Waals surface area (Å²) in [7, 11) is -5.08. The van der Waals surface area contributed by atoms with Gasteiger partial charge in [-0.25, -0.2) is 0 Å². The van der Waals surface area contributed by atoms with Gasteiger partial charge < -0.3 is 8.23 Å². The van der Waals surface area contributed by atoms with Gasteiger partial charge in [0.05, 0.1) is 0 Å². The molecule has 0 saturated carbocycles. The highest BCUT2D eigenvalue weighted by Crippen LogP contribution is 2.26. The van der Waals surface area contributed by atoms with Crippen molar-refractivity contribution in [2.45, 2.75) is 149 Å². The molecule has 0 aromatic heterocycles. The van der Waals surface area contributed by atoms with Gasteiger partial charge in [0.25, 0.3) is 0 Å². The molecule has 0 atom stereocenters. The maximum Gasteiger partial charge on any atom is 0.314 e. The Bertz CT molecular complexity index is 346. The van der Waals surface area contributed by atoms with E-state index in [4.69, 9.17) is 8.23 Å². The fraction of sp³-hybridized carbons (Fsp3) is 1.00. The van der Waals surface area contributed by atoms with Gasteiger partial charge in [0, 0.05) is 0 Å². The highest BCUT2D eigenvalue weighted by atomic mass is 28.5. The van der Waals surface area contributed by atoms with Crippen LogP contribution in [-0.2, 0) is 8.23 Å². The predicted octanol–water partition coefficient (Wildman–Crippen LogP) is 9.24. The molecule has 0 aliphatic carbocycles. The van der Waals surface area contributed by atoms with Gasteiger partial charge in [0.15, 0.2) is 16.6 Å². The standard InChI is InChI=1S/C23H54O2Si3/c1-9-10-11-12-13-14-15-16-17-18-19-20-21-22-23-28(8,24-26(2,3)4)25-27(5,6)7/h9-23H2,1-8H3. The predicted molar refractivity (Wildman–Crippen MR) is 136 cm³/mol. The second-order valence-electron chi connectivity index (χ2n) is 10.9. The molecule has 0 unspecified atom stereocenters. The highest BCUT2D eigenvalue weighted by molar-refractivity contribution is 6.87. The summed E-state index contributed by atoms with van der Waals surface area (Å²) < 4.78 is 13.2.